The molecule has 176 valence electrons. The highest BCUT2D eigenvalue weighted by molar-refractivity contribution is 6.35. The van der Waals surface area contributed by atoms with E-state index < -0.39 is 17.7 Å². The molecule has 0 saturated carbocycles. The molecule has 34 heavy (non-hydrogen) atoms. The standard InChI is InChI=1S/C24H18Cl4F2N3O/c25-17-3-1-15(21(27)7-17)10-32-13-31-33(14-32)11-24(20-6-5-19(29)9-23(20)30)34-12-16-2-4-18(26)8-22(16)28/h1-9,13-14,24H,10-12H2/q+1. The SMILES string of the molecule is Fc1ccc(C(Cn2c[n+](Cc3ccc(Cl)cc3Cl)cn2)OCc2ccc(Cl)cc2Cl)c(F)c1. The van der Waals surface area contributed by atoms with Gasteiger partial charge in [0, 0.05) is 42.4 Å². The topological polar surface area (TPSA) is 30.9 Å². The van der Waals surface area contributed by atoms with Crippen LogP contribution in [0, 0.1) is 11.6 Å². The third kappa shape index (κ3) is 6.26. The van der Waals surface area contributed by atoms with Gasteiger partial charge in [0.25, 0.3) is 6.33 Å². The van der Waals surface area contributed by atoms with Gasteiger partial charge in [-0.15, -0.1) is 4.68 Å². The van der Waals surface area contributed by atoms with E-state index in [0.717, 1.165) is 11.6 Å². The van der Waals surface area contributed by atoms with Crippen LogP contribution in [-0.4, -0.2) is 9.78 Å². The first kappa shape index (κ1) is 24.9. The minimum atomic E-state index is -0.764. The van der Waals surface area contributed by atoms with Gasteiger partial charge in [0.2, 0.25) is 6.33 Å². The van der Waals surface area contributed by atoms with E-state index in [1.165, 1.54) is 12.1 Å². The average Bonchev–Trinajstić information content (AvgIpc) is 3.21. The Hall–Kier alpha value is -2.22. The van der Waals surface area contributed by atoms with Crippen LogP contribution in [0.5, 0.6) is 0 Å². The Morgan fingerprint density at radius 2 is 1.56 bits per heavy atom. The molecule has 1 unspecified atom stereocenters. The van der Waals surface area contributed by atoms with Gasteiger partial charge in [-0.1, -0.05) is 64.6 Å². The molecule has 4 nitrogen and oxygen atoms in total. The summed E-state index contributed by atoms with van der Waals surface area (Å²) >= 11 is 24.4. The highest BCUT2D eigenvalue weighted by atomic mass is 35.5. The van der Waals surface area contributed by atoms with E-state index in [4.69, 9.17) is 51.1 Å². The minimum Gasteiger partial charge on any atom is -0.365 e. The minimum absolute atomic E-state index is 0.0964. The second kappa shape index (κ2) is 11.0. The maximum atomic E-state index is 14.6. The van der Waals surface area contributed by atoms with Crippen molar-refractivity contribution in [2.45, 2.75) is 25.8 Å². The monoisotopic (exact) mass is 542 g/mol. The van der Waals surface area contributed by atoms with Crippen LogP contribution in [0.2, 0.25) is 20.1 Å². The number of ether oxygens (including phenoxy) is 1. The molecular formula is C24H18Cl4F2N3O+. The number of aromatic nitrogens is 3. The zero-order valence-corrected chi connectivity index (χ0v) is 20.6. The normalized spacial score (nSPS) is 12.2. The number of hydrogen-bond donors (Lipinski definition) is 0. The molecule has 0 fully saturated rings. The first-order valence-electron chi connectivity index (χ1n) is 10.1. The Morgan fingerprint density at radius 1 is 0.882 bits per heavy atom. The summed E-state index contributed by atoms with van der Waals surface area (Å²) in [6.07, 6.45) is 2.61. The summed E-state index contributed by atoms with van der Waals surface area (Å²) < 4.78 is 37.6. The van der Waals surface area contributed by atoms with Gasteiger partial charge >= 0.3 is 0 Å². The molecular weight excluding hydrogens is 526 g/mol. The molecule has 1 atom stereocenters. The molecule has 4 rings (SSSR count). The molecule has 4 aromatic rings. The van der Waals surface area contributed by atoms with E-state index in [-0.39, 0.29) is 18.7 Å². The molecule has 0 radical (unpaired) electrons. The van der Waals surface area contributed by atoms with Crippen molar-refractivity contribution < 1.29 is 18.1 Å². The Bertz CT molecular complexity index is 1320. The summed E-state index contributed by atoms with van der Waals surface area (Å²) in [6, 6.07) is 13.7. The van der Waals surface area contributed by atoms with Gasteiger partial charge in [0.05, 0.1) is 13.2 Å². The van der Waals surface area contributed by atoms with Crippen LogP contribution in [0.25, 0.3) is 0 Å². The summed E-state index contributed by atoms with van der Waals surface area (Å²) in [7, 11) is 0. The summed E-state index contributed by atoms with van der Waals surface area (Å²) in [5.74, 6) is -1.38. The molecule has 0 aliphatic rings. The van der Waals surface area contributed by atoms with Gasteiger partial charge in [-0.2, -0.15) is 0 Å². The van der Waals surface area contributed by atoms with E-state index in [0.29, 0.717) is 32.2 Å². The maximum Gasteiger partial charge on any atom is 0.265 e. The van der Waals surface area contributed by atoms with Gasteiger partial charge in [0.1, 0.15) is 24.3 Å². The number of hydrogen-bond acceptors (Lipinski definition) is 2. The van der Waals surface area contributed by atoms with Crippen molar-refractivity contribution in [3.8, 4) is 0 Å². The number of halogens is 6. The second-order valence-electron chi connectivity index (χ2n) is 7.58. The lowest BCUT2D eigenvalue weighted by atomic mass is 10.1. The molecule has 1 aromatic heterocycles. The maximum absolute atomic E-state index is 14.6. The van der Waals surface area contributed by atoms with Crippen molar-refractivity contribution in [2.75, 3.05) is 0 Å². The summed E-state index contributed by atoms with van der Waals surface area (Å²) in [6.45, 7) is 0.737. The highest BCUT2D eigenvalue weighted by Crippen LogP contribution is 2.27. The molecule has 0 aliphatic carbocycles. The van der Waals surface area contributed by atoms with E-state index >= 15 is 0 Å². The van der Waals surface area contributed by atoms with Crippen molar-refractivity contribution in [2.24, 2.45) is 0 Å². The largest absolute Gasteiger partial charge is 0.365 e. The highest BCUT2D eigenvalue weighted by Gasteiger charge is 2.22. The van der Waals surface area contributed by atoms with Crippen LogP contribution in [0.1, 0.15) is 22.8 Å². The van der Waals surface area contributed by atoms with Crippen molar-refractivity contribution >= 4 is 46.4 Å². The van der Waals surface area contributed by atoms with E-state index in [1.54, 1.807) is 47.7 Å². The van der Waals surface area contributed by atoms with Crippen molar-refractivity contribution in [3.63, 3.8) is 0 Å². The summed E-state index contributed by atoms with van der Waals surface area (Å²) in [5, 5.41) is 6.37. The van der Waals surface area contributed by atoms with Crippen LogP contribution in [0.4, 0.5) is 8.78 Å². The zero-order chi connectivity index (χ0) is 24.2. The Balaban J connectivity index is 1.54. The fourth-order valence-electron chi connectivity index (χ4n) is 3.39. The lowest BCUT2D eigenvalue weighted by Crippen LogP contribution is -2.32. The van der Waals surface area contributed by atoms with Gasteiger partial charge in [-0.3, -0.25) is 0 Å². The molecule has 0 aliphatic heterocycles. The fourth-order valence-corrected chi connectivity index (χ4v) is 4.32. The number of benzene rings is 3. The molecule has 3 aromatic carbocycles. The van der Waals surface area contributed by atoms with E-state index in [2.05, 4.69) is 5.10 Å². The third-order valence-electron chi connectivity index (χ3n) is 5.12. The first-order chi connectivity index (χ1) is 16.3. The Labute approximate surface area is 215 Å². The summed E-state index contributed by atoms with van der Waals surface area (Å²) in [4.78, 5) is 0. The van der Waals surface area contributed by atoms with Crippen LogP contribution in [0.3, 0.4) is 0 Å². The molecule has 0 saturated heterocycles. The van der Waals surface area contributed by atoms with Gasteiger partial charge in [-0.25, -0.2) is 13.3 Å². The van der Waals surface area contributed by atoms with Crippen LogP contribution < -0.4 is 4.57 Å². The fraction of sp³-hybridized carbons (Fsp3) is 0.167. The Kier molecular flexibility index (Phi) is 8.06. The lowest BCUT2D eigenvalue weighted by Gasteiger charge is -2.17. The van der Waals surface area contributed by atoms with E-state index in [1.807, 2.05) is 10.6 Å². The van der Waals surface area contributed by atoms with Gasteiger partial charge in [-0.05, 0) is 35.9 Å². The lowest BCUT2D eigenvalue weighted by molar-refractivity contribution is -0.689. The van der Waals surface area contributed by atoms with Crippen molar-refractivity contribution in [1.82, 2.24) is 9.78 Å². The first-order valence-corrected chi connectivity index (χ1v) is 11.7. The molecule has 10 heteroatoms. The van der Waals surface area contributed by atoms with Crippen LogP contribution in [0.15, 0.2) is 67.3 Å². The van der Waals surface area contributed by atoms with E-state index in [9.17, 15) is 8.78 Å². The smallest absolute Gasteiger partial charge is 0.265 e. The molecule has 0 spiro atoms. The van der Waals surface area contributed by atoms with Gasteiger partial charge < -0.3 is 4.74 Å². The predicted molar refractivity (Wildman–Crippen MR) is 128 cm³/mol. The molecule has 0 bridgehead atoms. The van der Waals surface area contributed by atoms with Crippen molar-refractivity contribution in [3.05, 3.63) is 116 Å². The predicted octanol–water partition coefficient (Wildman–Crippen LogP) is 7.07. The Morgan fingerprint density at radius 3 is 2.21 bits per heavy atom. The zero-order valence-electron chi connectivity index (χ0n) is 17.6. The molecule has 1 heterocycles. The molecule has 0 N–H and O–H groups in total. The summed E-state index contributed by atoms with van der Waals surface area (Å²) in [5.41, 5.74) is 1.76. The average molecular weight is 544 g/mol. The quantitative estimate of drug-likeness (QED) is 0.222. The second-order valence-corrected chi connectivity index (χ2v) is 9.26. The van der Waals surface area contributed by atoms with Gasteiger partial charge in [0.15, 0.2) is 0 Å². The number of rotatable bonds is 8. The number of nitrogens with zero attached hydrogens (tertiary/aromatic N) is 3. The van der Waals surface area contributed by atoms with Crippen molar-refractivity contribution in [1.29, 1.82) is 0 Å². The third-order valence-corrected chi connectivity index (χ3v) is 6.29. The van der Waals surface area contributed by atoms with Crippen LogP contribution in [-0.2, 0) is 24.4 Å². The molecule has 0 amide bonds. The van der Waals surface area contributed by atoms with Crippen LogP contribution >= 0.6 is 46.4 Å².